The van der Waals surface area contributed by atoms with Crippen molar-refractivity contribution in [1.82, 2.24) is 14.5 Å². The molecule has 1 aliphatic carbocycles. The van der Waals surface area contributed by atoms with Crippen molar-refractivity contribution in [2.24, 2.45) is 0 Å². The van der Waals surface area contributed by atoms with Crippen molar-refractivity contribution < 1.29 is 0 Å². The minimum absolute atomic E-state index is 0.678. The third-order valence-corrected chi connectivity index (χ3v) is 12.3. The number of fused-ring (bicyclic) bond motifs is 4. The topological polar surface area (TPSA) is 30.7 Å². The summed E-state index contributed by atoms with van der Waals surface area (Å²) >= 11 is 1.78. The fourth-order valence-corrected chi connectivity index (χ4v) is 10.0. The van der Waals surface area contributed by atoms with E-state index in [4.69, 9.17) is 9.97 Å². The van der Waals surface area contributed by atoms with Crippen molar-refractivity contribution in [3.05, 3.63) is 198 Å². The molecule has 11 aromatic rings. The van der Waals surface area contributed by atoms with Crippen LogP contribution in [0.15, 0.2) is 176 Å². The van der Waals surface area contributed by atoms with Gasteiger partial charge in [0, 0.05) is 26.4 Å². The lowest BCUT2D eigenvalue weighted by Gasteiger charge is -2.19. The minimum Gasteiger partial charge on any atom is -0.278 e. The second-order valence-electron chi connectivity index (χ2n) is 14.1. The molecule has 3 aromatic heterocycles. The van der Waals surface area contributed by atoms with Crippen LogP contribution in [0.2, 0.25) is 0 Å². The van der Waals surface area contributed by atoms with E-state index >= 15 is 0 Å². The van der Waals surface area contributed by atoms with Crippen molar-refractivity contribution in [3.8, 4) is 17.2 Å². The van der Waals surface area contributed by atoms with Gasteiger partial charge in [0.25, 0.3) is 0 Å². The molecule has 1 aliphatic rings. The van der Waals surface area contributed by atoms with E-state index in [0.717, 1.165) is 37.9 Å². The summed E-state index contributed by atoms with van der Waals surface area (Å²) in [6.07, 6.45) is 0. The summed E-state index contributed by atoms with van der Waals surface area (Å²) in [5.74, 6) is 0.678. The fraction of sp³-hybridized carbons (Fsp3) is 0. The Kier molecular flexibility index (Phi) is 6.21. The first kappa shape index (κ1) is 29.7. The van der Waals surface area contributed by atoms with Gasteiger partial charge in [-0.15, -0.1) is 11.3 Å². The van der Waals surface area contributed by atoms with E-state index in [-0.39, 0.29) is 0 Å². The van der Waals surface area contributed by atoms with E-state index in [2.05, 4.69) is 180 Å². The van der Waals surface area contributed by atoms with Crippen LogP contribution in [0, 0.1) is 0 Å². The van der Waals surface area contributed by atoms with Gasteiger partial charge in [0.05, 0.1) is 26.9 Å². The summed E-state index contributed by atoms with van der Waals surface area (Å²) in [5.41, 5.74) is 12.5. The average Bonchev–Trinajstić information content (AvgIpc) is 3.73. The Morgan fingerprint density at radius 3 is 1.70 bits per heavy atom. The molecule has 0 saturated carbocycles. The summed E-state index contributed by atoms with van der Waals surface area (Å²) in [7, 11) is 0. The molecule has 0 spiro atoms. The second-order valence-corrected chi connectivity index (χ2v) is 15.1. The van der Waals surface area contributed by atoms with Crippen LogP contribution in [0.25, 0.3) is 92.0 Å². The molecule has 0 atom stereocenters. The molecule has 0 bridgehead atoms. The number of nitrogens with zero attached hydrogens (tertiary/aromatic N) is 3. The second kappa shape index (κ2) is 11.3. The molecule has 0 aliphatic heterocycles. The smallest absolute Gasteiger partial charge is 0.235 e. The fourth-order valence-electron chi connectivity index (χ4n) is 8.85. The third-order valence-electron chi connectivity index (χ3n) is 11.1. The van der Waals surface area contributed by atoms with Gasteiger partial charge >= 0.3 is 0 Å². The molecule has 12 rings (SSSR count). The lowest BCUT2D eigenvalue weighted by Crippen LogP contribution is -2.03. The zero-order chi connectivity index (χ0) is 35.3. The van der Waals surface area contributed by atoms with Gasteiger partial charge in [0.2, 0.25) is 5.95 Å². The Labute approximate surface area is 314 Å². The van der Waals surface area contributed by atoms with Gasteiger partial charge in [-0.05, 0) is 79.2 Å². The molecular formula is C50H29N3S. The monoisotopic (exact) mass is 703 g/mol. The van der Waals surface area contributed by atoms with Crippen molar-refractivity contribution in [3.63, 3.8) is 0 Å². The van der Waals surface area contributed by atoms with E-state index in [1.54, 1.807) is 11.3 Å². The molecule has 0 N–H and O–H groups in total. The van der Waals surface area contributed by atoms with Crippen molar-refractivity contribution in [2.75, 3.05) is 0 Å². The first-order chi connectivity index (χ1) is 26.8. The lowest BCUT2D eigenvalue weighted by molar-refractivity contribution is 1.02. The Morgan fingerprint density at radius 2 is 1.00 bits per heavy atom. The standard InChI is InChI=1S/C50H29N3S/c1-4-14-30(15-5-1)42-36-23-12-22-32-26-27-40-46(44(32)36)45-37(43(42)31-16-6-2-7-17-31)24-13-25-39(45)53(40)50-51-47(33-18-8-3-9-19-33)49-48(52-50)38-28-34-20-10-11-21-35(34)29-41(38)54-49/h1-29H. The maximum Gasteiger partial charge on any atom is 0.235 e. The maximum atomic E-state index is 5.54. The molecule has 8 aromatic carbocycles. The molecule has 250 valence electrons. The molecule has 0 unspecified atom stereocenters. The predicted octanol–water partition coefficient (Wildman–Crippen LogP) is 13.2. The summed E-state index contributed by atoms with van der Waals surface area (Å²) < 4.78 is 4.64. The van der Waals surface area contributed by atoms with Gasteiger partial charge in [0.15, 0.2) is 0 Å². The number of hydrogen-bond donors (Lipinski definition) is 0. The molecule has 0 amide bonds. The van der Waals surface area contributed by atoms with E-state index in [1.165, 1.54) is 70.4 Å². The Morgan fingerprint density at radius 1 is 0.426 bits per heavy atom. The third kappa shape index (κ3) is 4.17. The zero-order valence-electron chi connectivity index (χ0n) is 29.0. The summed E-state index contributed by atoms with van der Waals surface area (Å²) in [6.45, 7) is 0. The largest absolute Gasteiger partial charge is 0.278 e. The SMILES string of the molecule is c1ccc(C2=C(c3ccccc3)c3cccc4c3c3c5c2cccc5ccc3n4-c2nc(-c3ccccc3)c3sc4cc5ccccc5cc4c3n2)cc1. The van der Waals surface area contributed by atoms with Gasteiger partial charge in [-0.25, -0.2) is 9.97 Å². The minimum atomic E-state index is 0.678. The molecule has 54 heavy (non-hydrogen) atoms. The van der Waals surface area contributed by atoms with Crippen LogP contribution in [0.1, 0.15) is 22.3 Å². The molecule has 0 fully saturated rings. The zero-order valence-corrected chi connectivity index (χ0v) is 29.8. The molecule has 0 saturated heterocycles. The highest BCUT2D eigenvalue weighted by Gasteiger charge is 2.29. The van der Waals surface area contributed by atoms with E-state index in [9.17, 15) is 0 Å². The number of aromatic nitrogens is 3. The number of rotatable bonds is 4. The highest BCUT2D eigenvalue weighted by molar-refractivity contribution is 7.26. The molecular weight excluding hydrogens is 675 g/mol. The summed E-state index contributed by atoms with van der Waals surface area (Å²) in [4.78, 5) is 11.1. The van der Waals surface area contributed by atoms with Crippen LogP contribution in [-0.2, 0) is 0 Å². The normalized spacial score (nSPS) is 12.7. The molecule has 0 radical (unpaired) electrons. The number of thiophene rings is 1. The van der Waals surface area contributed by atoms with Crippen LogP contribution >= 0.6 is 11.3 Å². The first-order valence-corrected chi connectivity index (χ1v) is 19.2. The van der Waals surface area contributed by atoms with Crippen LogP contribution in [0.3, 0.4) is 0 Å². The van der Waals surface area contributed by atoms with Gasteiger partial charge in [-0.1, -0.05) is 152 Å². The van der Waals surface area contributed by atoms with E-state index in [0.29, 0.717) is 5.95 Å². The van der Waals surface area contributed by atoms with Crippen molar-refractivity contribution in [2.45, 2.75) is 0 Å². The quantitative estimate of drug-likeness (QED) is 0.183. The van der Waals surface area contributed by atoms with Gasteiger partial charge in [-0.2, -0.15) is 0 Å². The van der Waals surface area contributed by atoms with E-state index < -0.39 is 0 Å². The Bertz CT molecular complexity index is 3360. The van der Waals surface area contributed by atoms with Gasteiger partial charge in [0.1, 0.15) is 0 Å². The van der Waals surface area contributed by atoms with Gasteiger partial charge in [-0.3, -0.25) is 4.57 Å². The van der Waals surface area contributed by atoms with Crippen molar-refractivity contribution >= 4 is 86.1 Å². The highest BCUT2D eigenvalue weighted by atomic mass is 32.1. The number of benzene rings is 8. The van der Waals surface area contributed by atoms with E-state index in [1.807, 2.05) is 0 Å². The molecule has 3 heterocycles. The highest BCUT2D eigenvalue weighted by Crippen LogP contribution is 2.50. The Hall–Kier alpha value is -6.88. The molecule has 3 nitrogen and oxygen atoms in total. The Balaban J connectivity index is 1.26. The average molecular weight is 704 g/mol. The molecule has 4 heteroatoms. The maximum absolute atomic E-state index is 5.54. The van der Waals surface area contributed by atoms with Crippen LogP contribution in [0.5, 0.6) is 0 Å². The first-order valence-electron chi connectivity index (χ1n) is 18.3. The summed E-state index contributed by atoms with van der Waals surface area (Å²) in [5, 5.41) is 8.53. The van der Waals surface area contributed by atoms with Gasteiger partial charge < -0.3 is 0 Å². The number of hydrogen-bond acceptors (Lipinski definition) is 3. The lowest BCUT2D eigenvalue weighted by atomic mass is 9.85. The summed E-state index contributed by atoms with van der Waals surface area (Å²) in [6, 6.07) is 63.6. The van der Waals surface area contributed by atoms with Crippen LogP contribution in [0.4, 0.5) is 0 Å². The van der Waals surface area contributed by atoms with Crippen molar-refractivity contribution in [1.29, 1.82) is 0 Å². The van der Waals surface area contributed by atoms with Crippen LogP contribution < -0.4 is 0 Å². The predicted molar refractivity (Wildman–Crippen MR) is 228 cm³/mol. The van der Waals surface area contributed by atoms with Crippen LogP contribution in [-0.4, -0.2) is 14.5 Å².